The van der Waals surface area contributed by atoms with Crippen LogP contribution in [0.1, 0.15) is 18.9 Å². The summed E-state index contributed by atoms with van der Waals surface area (Å²) in [6.45, 7) is 6.95. The van der Waals surface area contributed by atoms with Crippen molar-refractivity contribution in [2.45, 2.75) is 25.9 Å². The Bertz CT molecular complexity index is 325. The molecule has 102 valence electrons. The predicted molar refractivity (Wildman–Crippen MR) is 71.4 cm³/mol. The summed E-state index contributed by atoms with van der Waals surface area (Å²) in [6.07, 6.45) is 4.67. The Kier molecular flexibility index (Phi) is 5.23. The van der Waals surface area contributed by atoms with E-state index in [1.807, 2.05) is 12.3 Å². The first-order valence-corrected chi connectivity index (χ1v) is 6.80. The summed E-state index contributed by atoms with van der Waals surface area (Å²) in [5.41, 5.74) is 1.23. The van der Waals surface area contributed by atoms with Crippen molar-refractivity contribution in [3.63, 3.8) is 0 Å². The smallest absolute Gasteiger partial charge is 0.0947 e. The van der Waals surface area contributed by atoms with Gasteiger partial charge in [-0.2, -0.15) is 0 Å². The van der Waals surface area contributed by atoms with Gasteiger partial charge in [0.2, 0.25) is 0 Å². The van der Waals surface area contributed by atoms with Gasteiger partial charge >= 0.3 is 0 Å². The van der Waals surface area contributed by atoms with Gasteiger partial charge in [-0.25, -0.2) is 0 Å². The fourth-order valence-electron chi connectivity index (χ4n) is 2.67. The van der Waals surface area contributed by atoms with Crippen LogP contribution in [-0.4, -0.2) is 44.3 Å². The van der Waals surface area contributed by atoms with E-state index in [1.165, 1.54) is 5.56 Å². The molecule has 0 aromatic carbocycles. The van der Waals surface area contributed by atoms with Gasteiger partial charge in [-0.05, 0) is 26.1 Å². The van der Waals surface area contributed by atoms with Crippen LogP contribution in [0.15, 0.2) is 23.0 Å². The summed E-state index contributed by atoms with van der Waals surface area (Å²) in [4.78, 5) is 2.34. The van der Waals surface area contributed by atoms with E-state index in [2.05, 4.69) is 24.2 Å². The lowest BCUT2D eigenvalue weighted by atomic mass is 9.95. The molecule has 0 amide bonds. The van der Waals surface area contributed by atoms with E-state index >= 15 is 0 Å². The van der Waals surface area contributed by atoms with E-state index in [0.29, 0.717) is 12.0 Å². The topological polar surface area (TPSA) is 37.6 Å². The summed E-state index contributed by atoms with van der Waals surface area (Å²) in [6, 6.07) is 2.62. The Hall–Kier alpha value is -0.840. The highest BCUT2D eigenvalue weighted by Gasteiger charge is 2.25. The number of nitrogens with zero attached hydrogens (tertiary/aromatic N) is 1. The number of furan rings is 1. The molecule has 2 rings (SSSR count). The molecule has 0 saturated carbocycles. The number of ether oxygens (including phenoxy) is 1. The zero-order valence-electron chi connectivity index (χ0n) is 11.4. The molecule has 1 aromatic heterocycles. The molecule has 2 heterocycles. The molecule has 0 radical (unpaired) electrons. The quantitative estimate of drug-likeness (QED) is 0.836. The Morgan fingerprint density at radius 1 is 1.50 bits per heavy atom. The van der Waals surface area contributed by atoms with Crippen molar-refractivity contribution in [2.75, 3.05) is 33.4 Å². The molecule has 1 N–H and O–H groups in total. The highest BCUT2D eigenvalue weighted by Crippen LogP contribution is 2.17. The average Bonchev–Trinajstić information content (AvgIpc) is 2.84. The first-order chi connectivity index (χ1) is 8.79. The molecular weight excluding hydrogens is 228 g/mol. The molecule has 1 aromatic rings. The first-order valence-electron chi connectivity index (χ1n) is 6.80. The maximum Gasteiger partial charge on any atom is 0.0947 e. The van der Waals surface area contributed by atoms with Crippen LogP contribution < -0.4 is 5.32 Å². The van der Waals surface area contributed by atoms with E-state index < -0.39 is 0 Å². The average molecular weight is 252 g/mol. The molecule has 1 fully saturated rings. The SMILES string of the molecule is CCNC1CCOCC1CN(C)Cc1ccoc1. The van der Waals surface area contributed by atoms with E-state index in [4.69, 9.17) is 9.15 Å². The van der Waals surface area contributed by atoms with Gasteiger partial charge in [-0.3, -0.25) is 0 Å². The third kappa shape index (κ3) is 3.83. The summed E-state index contributed by atoms with van der Waals surface area (Å²) < 4.78 is 10.7. The van der Waals surface area contributed by atoms with Crippen LogP contribution in [0.2, 0.25) is 0 Å². The molecule has 2 atom stereocenters. The lowest BCUT2D eigenvalue weighted by Crippen LogP contribution is -2.47. The minimum atomic E-state index is 0.579. The van der Waals surface area contributed by atoms with Crippen LogP contribution in [-0.2, 0) is 11.3 Å². The maximum absolute atomic E-state index is 5.61. The van der Waals surface area contributed by atoms with Crippen molar-refractivity contribution in [2.24, 2.45) is 5.92 Å². The second-order valence-corrected chi connectivity index (χ2v) is 5.12. The molecule has 4 heteroatoms. The van der Waals surface area contributed by atoms with Crippen LogP contribution in [0.4, 0.5) is 0 Å². The molecule has 0 bridgehead atoms. The Morgan fingerprint density at radius 2 is 2.39 bits per heavy atom. The molecule has 0 spiro atoms. The summed E-state index contributed by atoms with van der Waals surface area (Å²) in [5.74, 6) is 0.579. The van der Waals surface area contributed by atoms with Gasteiger partial charge in [-0.15, -0.1) is 0 Å². The van der Waals surface area contributed by atoms with Crippen LogP contribution in [0.5, 0.6) is 0 Å². The number of hydrogen-bond acceptors (Lipinski definition) is 4. The third-order valence-electron chi connectivity index (χ3n) is 3.52. The standard InChI is InChI=1S/C14H24N2O2/c1-3-15-14-5-7-18-11-13(14)9-16(2)8-12-4-6-17-10-12/h4,6,10,13-15H,3,5,7-9,11H2,1-2H3. The minimum Gasteiger partial charge on any atom is -0.472 e. The lowest BCUT2D eigenvalue weighted by Gasteiger charge is -2.34. The zero-order chi connectivity index (χ0) is 12.8. The van der Waals surface area contributed by atoms with Crippen molar-refractivity contribution < 1.29 is 9.15 Å². The van der Waals surface area contributed by atoms with Crippen molar-refractivity contribution in [3.05, 3.63) is 24.2 Å². The Balaban J connectivity index is 1.82. The Labute approximate surface area is 109 Å². The summed E-state index contributed by atoms with van der Waals surface area (Å²) in [7, 11) is 2.16. The van der Waals surface area contributed by atoms with Crippen molar-refractivity contribution in [1.29, 1.82) is 0 Å². The number of rotatable bonds is 6. The molecule has 0 aliphatic carbocycles. The van der Waals surface area contributed by atoms with Gasteiger partial charge in [0, 0.05) is 37.2 Å². The highest BCUT2D eigenvalue weighted by molar-refractivity contribution is 5.04. The normalized spacial score (nSPS) is 24.6. The first kappa shape index (κ1) is 13.6. The predicted octanol–water partition coefficient (Wildman–Crippen LogP) is 1.73. The highest BCUT2D eigenvalue weighted by atomic mass is 16.5. The lowest BCUT2D eigenvalue weighted by molar-refractivity contribution is 0.0193. The Morgan fingerprint density at radius 3 is 3.11 bits per heavy atom. The van der Waals surface area contributed by atoms with Gasteiger partial charge in [0.1, 0.15) is 0 Å². The van der Waals surface area contributed by atoms with Crippen molar-refractivity contribution >= 4 is 0 Å². The third-order valence-corrected chi connectivity index (χ3v) is 3.52. The zero-order valence-corrected chi connectivity index (χ0v) is 11.4. The summed E-state index contributed by atoms with van der Waals surface area (Å²) in [5, 5.41) is 3.57. The number of hydrogen-bond donors (Lipinski definition) is 1. The molecule has 2 unspecified atom stereocenters. The van der Waals surface area contributed by atoms with E-state index in [9.17, 15) is 0 Å². The van der Waals surface area contributed by atoms with Gasteiger partial charge < -0.3 is 19.4 Å². The molecular formula is C14H24N2O2. The maximum atomic E-state index is 5.61. The van der Waals surface area contributed by atoms with Crippen LogP contribution >= 0.6 is 0 Å². The number of nitrogens with one attached hydrogen (secondary N) is 1. The van der Waals surface area contributed by atoms with Crippen LogP contribution in [0.25, 0.3) is 0 Å². The van der Waals surface area contributed by atoms with Crippen LogP contribution in [0, 0.1) is 5.92 Å². The van der Waals surface area contributed by atoms with Gasteiger partial charge in [-0.1, -0.05) is 6.92 Å². The fraction of sp³-hybridized carbons (Fsp3) is 0.714. The van der Waals surface area contributed by atoms with Gasteiger partial charge in [0.05, 0.1) is 19.1 Å². The van der Waals surface area contributed by atoms with E-state index in [1.54, 1.807) is 6.26 Å². The second kappa shape index (κ2) is 6.92. The fourth-order valence-corrected chi connectivity index (χ4v) is 2.67. The van der Waals surface area contributed by atoms with Gasteiger partial charge in [0.15, 0.2) is 0 Å². The van der Waals surface area contributed by atoms with Gasteiger partial charge in [0.25, 0.3) is 0 Å². The molecule has 1 saturated heterocycles. The second-order valence-electron chi connectivity index (χ2n) is 5.12. The molecule has 18 heavy (non-hydrogen) atoms. The van der Waals surface area contributed by atoms with E-state index in [-0.39, 0.29) is 0 Å². The van der Waals surface area contributed by atoms with Crippen LogP contribution in [0.3, 0.4) is 0 Å². The van der Waals surface area contributed by atoms with E-state index in [0.717, 1.165) is 39.3 Å². The molecule has 4 nitrogen and oxygen atoms in total. The molecule has 1 aliphatic rings. The largest absolute Gasteiger partial charge is 0.472 e. The van der Waals surface area contributed by atoms with Crippen molar-refractivity contribution in [3.8, 4) is 0 Å². The minimum absolute atomic E-state index is 0.579. The van der Waals surface area contributed by atoms with Crippen molar-refractivity contribution in [1.82, 2.24) is 10.2 Å². The summed E-state index contributed by atoms with van der Waals surface area (Å²) >= 11 is 0. The monoisotopic (exact) mass is 252 g/mol. The molecule has 1 aliphatic heterocycles.